The van der Waals surface area contributed by atoms with Crippen molar-refractivity contribution in [2.45, 2.75) is 38.3 Å². The molecule has 172 valence electrons. The molecule has 2 fully saturated rings. The molecule has 33 heavy (non-hydrogen) atoms. The summed E-state index contributed by atoms with van der Waals surface area (Å²) in [5.41, 5.74) is 6.40. The van der Waals surface area contributed by atoms with Crippen molar-refractivity contribution in [1.29, 1.82) is 0 Å². The molecule has 11 nitrogen and oxygen atoms in total. The normalized spacial score (nSPS) is 17.8. The van der Waals surface area contributed by atoms with Gasteiger partial charge in [-0.25, -0.2) is 9.97 Å². The van der Waals surface area contributed by atoms with Crippen LogP contribution in [0.1, 0.15) is 46.7 Å². The van der Waals surface area contributed by atoms with Gasteiger partial charge in [0.25, 0.3) is 11.8 Å². The largest absolute Gasteiger partial charge is 0.444 e. The van der Waals surface area contributed by atoms with E-state index in [1.54, 1.807) is 23.1 Å². The van der Waals surface area contributed by atoms with E-state index < -0.39 is 11.8 Å². The first-order valence-corrected chi connectivity index (χ1v) is 11.0. The zero-order valence-corrected chi connectivity index (χ0v) is 18.0. The van der Waals surface area contributed by atoms with Gasteiger partial charge in [0.15, 0.2) is 11.4 Å². The van der Waals surface area contributed by atoms with Gasteiger partial charge in [-0.2, -0.15) is 5.10 Å². The molecule has 1 saturated carbocycles. The molecule has 3 aromatic heterocycles. The molecule has 1 atom stereocenters. The van der Waals surface area contributed by atoms with Crippen LogP contribution in [0.4, 0.5) is 11.5 Å². The lowest BCUT2D eigenvalue weighted by Gasteiger charge is -2.08. The van der Waals surface area contributed by atoms with Crippen molar-refractivity contribution in [1.82, 2.24) is 19.7 Å². The fraction of sp³-hybridized carbons (Fsp3) is 0.409. The van der Waals surface area contributed by atoms with Crippen LogP contribution < -0.4 is 16.4 Å². The SMILES string of the molecule is NC(=O)c1nn(C[C@H]2CCCO2)cc1NC(=O)c1coc(-c2ccnc(NCC3CC3)c2)n1. The molecule has 1 saturated heterocycles. The minimum atomic E-state index is -0.736. The topological polar surface area (TPSA) is 150 Å². The highest BCUT2D eigenvalue weighted by molar-refractivity contribution is 6.07. The summed E-state index contributed by atoms with van der Waals surface area (Å²) in [7, 11) is 0. The molecule has 0 unspecified atom stereocenters. The monoisotopic (exact) mass is 451 g/mol. The number of amides is 2. The zero-order chi connectivity index (χ0) is 22.8. The Kier molecular flexibility index (Phi) is 5.78. The van der Waals surface area contributed by atoms with Gasteiger partial charge in [0.2, 0.25) is 5.89 Å². The molecule has 3 aromatic rings. The number of nitrogens with one attached hydrogen (secondary N) is 2. The average molecular weight is 451 g/mol. The van der Waals surface area contributed by atoms with Crippen molar-refractivity contribution >= 4 is 23.3 Å². The van der Waals surface area contributed by atoms with Gasteiger partial charge in [-0.3, -0.25) is 14.3 Å². The van der Waals surface area contributed by atoms with Crippen molar-refractivity contribution in [3.63, 3.8) is 0 Å². The predicted molar refractivity (Wildman–Crippen MR) is 119 cm³/mol. The van der Waals surface area contributed by atoms with Crippen LogP contribution in [0.2, 0.25) is 0 Å². The quantitative estimate of drug-likeness (QED) is 0.448. The predicted octanol–water partition coefficient (Wildman–Crippen LogP) is 2.29. The van der Waals surface area contributed by atoms with E-state index in [0.717, 1.165) is 25.2 Å². The number of ether oxygens (including phenoxy) is 1. The van der Waals surface area contributed by atoms with Crippen LogP contribution in [0.5, 0.6) is 0 Å². The van der Waals surface area contributed by atoms with Gasteiger partial charge in [-0.15, -0.1) is 0 Å². The van der Waals surface area contributed by atoms with E-state index in [1.807, 2.05) is 6.07 Å². The van der Waals surface area contributed by atoms with Crippen LogP contribution in [0.25, 0.3) is 11.5 Å². The number of anilines is 2. The lowest BCUT2D eigenvalue weighted by atomic mass is 10.2. The summed E-state index contributed by atoms with van der Waals surface area (Å²) in [6.07, 6.45) is 8.92. The van der Waals surface area contributed by atoms with Gasteiger partial charge in [0.05, 0.1) is 18.3 Å². The van der Waals surface area contributed by atoms with E-state index in [1.165, 1.54) is 19.1 Å². The molecule has 0 radical (unpaired) electrons. The molecule has 0 aromatic carbocycles. The number of primary amides is 1. The number of carbonyl (C=O) groups excluding carboxylic acids is 2. The molecule has 2 amide bonds. The molecule has 0 spiro atoms. The Hall–Kier alpha value is -3.73. The Morgan fingerprint density at radius 2 is 2.15 bits per heavy atom. The second-order valence-electron chi connectivity index (χ2n) is 8.36. The molecule has 0 bridgehead atoms. The third-order valence-electron chi connectivity index (χ3n) is 5.67. The van der Waals surface area contributed by atoms with E-state index in [2.05, 4.69) is 25.7 Å². The molecule has 11 heteroatoms. The maximum absolute atomic E-state index is 12.8. The standard InChI is InChI=1S/C22H25N7O4/c23-20(30)19-16(11-29(28-19)10-15-2-1-7-32-15)26-21(31)17-12-33-22(27-17)14-5-6-24-18(8-14)25-9-13-3-4-13/h5-6,8,11-13,15H,1-4,7,9-10H2,(H2,23,30)(H,24,25)(H,26,31)/t15-/m1/s1. The number of aromatic nitrogens is 4. The van der Waals surface area contributed by atoms with Gasteiger partial charge >= 0.3 is 0 Å². The molecule has 2 aliphatic rings. The molecule has 1 aliphatic heterocycles. The molecule has 4 N–H and O–H groups in total. The number of hydrogen-bond donors (Lipinski definition) is 3. The number of nitrogens with zero attached hydrogens (tertiary/aromatic N) is 4. The van der Waals surface area contributed by atoms with Gasteiger partial charge < -0.3 is 25.5 Å². The van der Waals surface area contributed by atoms with Crippen molar-refractivity contribution in [2.24, 2.45) is 11.7 Å². The molecular formula is C22H25N7O4. The number of hydrogen-bond acceptors (Lipinski definition) is 8. The van der Waals surface area contributed by atoms with Crippen LogP contribution in [-0.4, -0.2) is 50.8 Å². The van der Waals surface area contributed by atoms with Crippen molar-refractivity contribution in [3.8, 4) is 11.5 Å². The summed E-state index contributed by atoms with van der Waals surface area (Å²) in [5, 5.41) is 10.2. The Bertz CT molecular complexity index is 1160. The lowest BCUT2D eigenvalue weighted by molar-refractivity contribution is 0.0927. The number of oxazole rings is 1. The molecule has 1 aliphatic carbocycles. The first-order valence-electron chi connectivity index (χ1n) is 11.0. The fourth-order valence-corrected chi connectivity index (χ4v) is 3.71. The summed E-state index contributed by atoms with van der Waals surface area (Å²) in [4.78, 5) is 33.2. The second-order valence-corrected chi connectivity index (χ2v) is 8.36. The van der Waals surface area contributed by atoms with Crippen LogP contribution in [-0.2, 0) is 11.3 Å². The highest BCUT2D eigenvalue weighted by Gasteiger charge is 2.23. The summed E-state index contributed by atoms with van der Waals surface area (Å²) < 4.78 is 12.7. The number of rotatable bonds is 9. The van der Waals surface area contributed by atoms with Gasteiger partial charge in [-0.05, 0) is 43.7 Å². The second kappa shape index (κ2) is 9.02. The van der Waals surface area contributed by atoms with Gasteiger partial charge in [0, 0.05) is 31.1 Å². The van der Waals surface area contributed by atoms with E-state index in [-0.39, 0.29) is 23.2 Å². The Balaban J connectivity index is 1.28. The van der Waals surface area contributed by atoms with Crippen LogP contribution in [0, 0.1) is 5.92 Å². The average Bonchev–Trinajstić information content (AvgIpc) is 3.19. The molecule has 5 rings (SSSR count). The highest BCUT2D eigenvalue weighted by atomic mass is 16.5. The Morgan fingerprint density at radius 1 is 1.27 bits per heavy atom. The maximum atomic E-state index is 12.8. The van der Waals surface area contributed by atoms with E-state index in [9.17, 15) is 9.59 Å². The maximum Gasteiger partial charge on any atom is 0.277 e. The van der Waals surface area contributed by atoms with E-state index in [0.29, 0.717) is 30.5 Å². The van der Waals surface area contributed by atoms with Crippen molar-refractivity contribution < 1.29 is 18.7 Å². The first-order chi connectivity index (χ1) is 16.0. The minimum absolute atomic E-state index is 0.0226. The third-order valence-corrected chi connectivity index (χ3v) is 5.67. The van der Waals surface area contributed by atoms with E-state index in [4.69, 9.17) is 14.9 Å². The zero-order valence-electron chi connectivity index (χ0n) is 18.0. The van der Waals surface area contributed by atoms with Crippen LogP contribution >= 0.6 is 0 Å². The summed E-state index contributed by atoms with van der Waals surface area (Å²) in [5.74, 6) is 0.466. The summed E-state index contributed by atoms with van der Waals surface area (Å²) in [6, 6.07) is 3.59. The van der Waals surface area contributed by atoms with E-state index >= 15 is 0 Å². The summed E-state index contributed by atoms with van der Waals surface area (Å²) in [6.45, 7) is 2.07. The minimum Gasteiger partial charge on any atom is -0.444 e. The number of pyridine rings is 1. The smallest absolute Gasteiger partial charge is 0.277 e. The highest BCUT2D eigenvalue weighted by Crippen LogP contribution is 2.29. The fourth-order valence-electron chi connectivity index (χ4n) is 3.71. The van der Waals surface area contributed by atoms with Crippen LogP contribution in [0.15, 0.2) is 35.2 Å². The number of carbonyl (C=O) groups is 2. The Labute approximate surface area is 189 Å². The third kappa shape index (κ3) is 5.03. The van der Waals surface area contributed by atoms with Gasteiger partial charge in [-0.1, -0.05) is 0 Å². The Morgan fingerprint density at radius 3 is 2.91 bits per heavy atom. The molecule has 4 heterocycles. The number of nitrogens with two attached hydrogens (primary N) is 1. The summed E-state index contributed by atoms with van der Waals surface area (Å²) >= 11 is 0. The first kappa shape index (κ1) is 21.1. The lowest BCUT2D eigenvalue weighted by Crippen LogP contribution is -2.18. The molecular weight excluding hydrogens is 426 g/mol. The van der Waals surface area contributed by atoms with Gasteiger partial charge in [0.1, 0.15) is 12.1 Å². The van der Waals surface area contributed by atoms with Crippen molar-refractivity contribution in [2.75, 3.05) is 23.8 Å². The van der Waals surface area contributed by atoms with Crippen LogP contribution in [0.3, 0.4) is 0 Å². The van der Waals surface area contributed by atoms with Crippen molar-refractivity contribution in [3.05, 3.63) is 42.2 Å².